The van der Waals surface area contributed by atoms with Crippen LogP contribution in [0.2, 0.25) is 0 Å². The number of likely N-dealkylation sites (tertiary alicyclic amines) is 1. The van der Waals surface area contributed by atoms with Crippen molar-refractivity contribution in [2.45, 2.75) is 11.7 Å². The Morgan fingerprint density at radius 3 is 2.80 bits per heavy atom. The van der Waals surface area contributed by atoms with E-state index < -0.39 is 23.5 Å². The van der Waals surface area contributed by atoms with E-state index in [1.165, 1.54) is 0 Å². The van der Waals surface area contributed by atoms with E-state index in [1.54, 1.807) is 21.7 Å². The number of fused-ring (bicyclic) bond motifs is 1. The Morgan fingerprint density at radius 1 is 1.23 bits per heavy atom. The van der Waals surface area contributed by atoms with Gasteiger partial charge in [-0.3, -0.25) is 14.4 Å². The van der Waals surface area contributed by atoms with E-state index in [9.17, 15) is 14.4 Å². The van der Waals surface area contributed by atoms with Crippen molar-refractivity contribution in [3.63, 3.8) is 0 Å². The Bertz CT molecular complexity index is 903. The SMILES string of the molecule is CN1CCN(C(=O)[C@H]2[C@@H]3C=C[C@@]4(CN(CCOc5ccccc5)C(=O)[C@@H]24)O3)CC1=O. The van der Waals surface area contributed by atoms with Gasteiger partial charge in [0.25, 0.3) is 0 Å². The summed E-state index contributed by atoms with van der Waals surface area (Å²) in [6.45, 7) is 2.28. The number of hydrogen-bond donors (Lipinski definition) is 0. The molecule has 8 heteroatoms. The molecule has 4 heterocycles. The van der Waals surface area contributed by atoms with Crippen LogP contribution in [0.5, 0.6) is 5.75 Å². The van der Waals surface area contributed by atoms with Crippen molar-refractivity contribution in [1.29, 1.82) is 0 Å². The zero-order valence-electron chi connectivity index (χ0n) is 16.9. The van der Waals surface area contributed by atoms with E-state index in [4.69, 9.17) is 9.47 Å². The lowest BCUT2D eigenvalue weighted by atomic mass is 9.76. The monoisotopic (exact) mass is 411 g/mol. The van der Waals surface area contributed by atoms with Gasteiger partial charge in [0.2, 0.25) is 17.7 Å². The Hall–Kier alpha value is -2.87. The zero-order valence-corrected chi connectivity index (χ0v) is 16.9. The molecule has 0 aromatic heterocycles. The van der Waals surface area contributed by atoms with E-state index in [2.05, 4.69) is 0 Å². The fourth-order valence-electron chi connectivity index (χ4n) is 5.00. The number of nitrogens with zero attached hydrogens (tertiary/aromatic N) is 3. The molecule has 0 saturated carbocycles. The number of carbonyl (C=O) groups excluding carboxylic acids is 3. The summed E-state index contributed by atoms with van der Waals surface area (Å²) in [4.78, 5) is 43.5. The first-order chi connectivity index (χ1) is 14.5. The van der Waals surface area contributed by atoms with Gasteiger partial charge in [0, 0.05) is 20.1 Å². The van der Waals surface area contributed by atoms with Crippen LogP contribution in [0.4, 0.5) is 0 Å². The lowest BCUT2D eigenvalue weighted by Crippen LogP contribution is -2.54. The summed E-state index contributed by atoms with van der Waals surface area (Å²) in [5, 5.41) is 0. The van der Waals surface area contributed by atoms with Gasteiger partial charge < -0.3 is 24.2 Å². The molecular formula is C22H25N3O5. The molecule has 2 bridgehead atoms. The van der Waals surface area contributed by atoms with E-state index in [0.29, 0.717) is 32.8 Å². The van der Waals surface area contributed by atoms with Gasteiger partial charge in [-0.25, -0.2) is 0 Å². The first-order valence-electron chi connectivity index (χ1n) is 10.3. The van der Waals surface area contributed by atoms with Gasteiger partial charge in [-0.15, -0.1) is 0 Å². The summed E-state index contributed by atoms with van der Waals surface area (Å²) in [6, 6.07) is 9.46. The molecule has 0 aliphatic carbocycles. The minimum absolute atomic E-state index is 0.0603. The van der Waals surface area contributed by atoms with Gasteiger partial charge >= 0.3 is 0 Å². The molecule has 4 aliphatic heterocycles. The average molecular weight is 411 g/mol. The third kappa shape index (κ3) is 2.98. The maximum absolute atomic E-state index is 13.3. The van der Waals surface area contributed by atoms with Crippen LogP contribution in [0.15, 0.2) is 42.5 Å². The van der Waals surface area contributed by atoms with Crippen LogP contribution in [0.1, 0.15) is 0 Å². The summed E-state index contributed by atoms with van der Waals surface area (Å²) in [5.41, 5.74) is -0.745. The molecule has 1 aromatic carbocycles. The maximum Gasteiger partial charge on any atom is 0.241 e. The van der Waals surface area contributed by atoms with Crippen molar-refractivity contribution >= 4 is 17.7 Å². The fraction of sp³-hybridized carbons (Fsp3) is 0.500. The molecule has 30 heavy (non-hydrogen) atoms. The quantitative estimate of drug-likeness (QED) is 0.645. The Labute approximate surface area is 175 Å². The standard InChI is InChI=1S/C22H25N3O5/c1-23-9-10-24(13-17(23)26)20(27)18-16-7-8-22(30-16)14-25(21(28)19(18)22)11-12-29-15-5-3-2-4-6-15/h2-8,16,18-19H,9-14H2,1H3/t16-,18-,19+,22-/m0/s1. The van der Waals surface area contributed by atoms with Crippen molar-refractivity contribution in [3.8, 4) is 5.75 Å². The van der Waals surface area contributed by atoms with Crippen molar-refractivity contribution in [1.82, 2.24) is 14.7 Å². The number of piperazine rings is 1. The van der Waals surface area contributed by atoms with Gasteiger partial charge in [-0.05, 0) is 12.1 Å². The van der Waals surface area contributed by atoms with Crippen molar-refractivity contribution in [3.05, 3.63) is 42.5 Å². The van der Waals surface area contributed by atoms with E-state index in [-0.39, 0.29) is 24.3 Å². The van der Waals surface area contributed by atoms with Crippen LogP contribution in [0.25, 0.3) is 0 Å². The van der Waals surface area contributed by atoms with Gasteiger partial charge in [0.05, 0.1) is 37.6 Å². The molecule has 158 valence electrons. The van der Waals surface area contributed by atoms with Crippen molar-refractivity contribution < 1.29 is 23.9 Å². The molecule has 1 spiro atoms. The highest BCUT2D eigenvalue weighted by atomic mass is 16.5. The fourth-order valence-corrected chi connectivity index (χ4v) is 5.00. The summed E-state index contributed by atoms with van der Waals surface area (Å²) < 4.78 is 11.9. The molecule has 0 radical (unpaired) electrons. The highest BCUT2D eigenvalue weighted by Gasteiger charge is 2.67. The predicted octanol–water partition coefficient (Wildman–Crippen LogP) is 0.148. The van der Waals surface area contributed by atoms with Crippen LogP contribution in [-0.4, -0.2) is 90.5 Å². The minimum Gasteiger partial charge on any atom is -0.492 e. The second-order valence-electron chi connectivity index (χ2n) is 8.40. The summed E-state index contributed by atoms with van der Waals surface area (Å²) in [5.74, 6) is -0.662. The van der Waals surface area contributed by atoms with Gasteiger partial charge in [0.15, 0.2) is 0 Å². The molecule has 1 aromatic rings. The van der Waals surface area contributed by atoms with Crippen molar-refractivity contribution in [2.24, 2.45) is 11.8 Å². The largest absolute Gasteiger partial charge is 0.492 e. The van der Waals surface area contributed by atoms with Crippen LogP contribution >= 0.6 is 0 Å². The molecule has 3 saturated heterocycles. The molecule has 4 aliphatic rings. The highest BCUT2D eigenvalue weighted by molar-refractivity contribution is 5.94. The van der Waals surface area contributed by atoms with Gasteiger partial charge in [-0.1, -0.05) is 30.4 Å². The Balaban J connectivity index is 1.28. The van der Waals surface area contributed by atoms with Gasteiger partial charge in [0.1, 0.15) is 18.0 Å². The summed E-state index contributed by atoms with van der Waals surface area (Å²) in [7, 11) is 1.73. The molecule has 0 N–H and O–H groups in total. The molecule has 3 fully saturated rings. The van der Waals surface area contributed by atoms with Gasteiger partial charge in [-0.2, -0.15) is 0 Å². The van der Waals surface area contributed by atoms with Crippen LogP contribution in [-0.2, 0) is 19.1 Å². The van der Waals surface area contributed by atoms with Crippen LogP contribution < -0.4 is 4.74 Å². The highest BCUT2D eigenvalue weighted by Crippen LogP contribution is 2.52. The number of benzene rings is 1. The van der Waals surface area contributed by atoms with Crippen LogP contribution in [0, 0.1) is 11.8 Å². The molecular weight excluding hydrogens is 386 g/mol. The maximum atomic E-state index is 13.3. The lowest BCUT2D eigenvalue weighted by Gasteiger charge is -2.35. The number of hydrogen-bond acceptors (Lipinski definition) is 5. The first-order valence-corrected chi connectivity index (χ1v) is 10.3. The first kappa shape index (κ1) is 19.1. The van der Waals surface area contributed by atoms with Crippen molar-refractivity contribution in [2.75, 3.05) is 46.4 Å². The third-order valence-corrected chi connectivity index (χ3v) is 6.61. The normalized spacial score (nSPS) is 32.2. The number of rotatable bonds is 5. The topological polar surface area (TPSA) is 79.4 Å². The Kier molecular flexibility index (Phi) is 4.54. The molecule has 4 atom stereocenters. The number of para-hydroxylation sites is 1. The smallest absolute Gasteiger partial charge is 0.241 e. The predicted molar refractivity (Wildman–Crippen MR) is 106 cm³/mol. The molecule has 5 rings (SSSR count). The molecule has 0 unspecified atom stereocenters. The van der Waals surface area contributed by atoms with E-state index in [0.717, 1.165) is 5.75 Å². The molecule has 3 amide bonds. The van der Waals surface area contributed by atoms with E-state index >= 15 is 0 Å². The van der Waals surface area contributed by atoms with E-state index in [1.807, 2.05) is 42.5 Å². The number of carbonyl (C=O) groups is 3. The summed E-state index contributed by atoms with van der Waals surface area (Å²) >= 11 is 0. The lowest BCUT2D eigenvalue weighted by molar-refractivity contribution is -0.149. The second-order valence-corrected chi connectivity index (χ2v) is 8.40. The number of likely N-dealkylation sites (N-methyl/N-ethyl adjacent to an activating group) is 1. The Morgan fingerprint density at radius 2 is 2.03 bits per heavy atom. The number of ether oxygens (including phenoxy) is 2. The minimum atomic E-state index is -0.745. The van der Waals surface area contributed by atoms with Crippen LogP contribution in [0.3, 0.4) is 0 Å². The molecule has 8 nitrogen and oxygen atoms in total. The second kappa shape index (κ2) is 7.12. The number of amides is 3. The summed E-state index contributed by atoms with van der Waals surface area (Å²) in [6.07, 6.45) is 3.44. The third-order valence-electron chi connectivity index (χ3n) is 6.61. The zero-order chi connectivity index (χ0) is 20.9. The average Bonchev–Trinajstić information content (AvgIpc) is 3.39.